The Morgan fingerprint density at radius 2 is 1.81 bits per heavy atom. The highest BCUT2D eigenvalue weighted by Crippen LogP contribution is 2.31. The molecule has 1 amide bonds. The number of benzene rings is 2. The van der Waals surface area contributed by atoms with Gasteiger partial charge in [0.2, 0.25) is 0 Å². The Hall–Kier alpha value is -5.58. The van der Waals surface area contributed by atoms with Gasteiger partial charge in [-0.3, -0.25) is 14.0 Å². The molecular formula is C38H43N9O. The van der Waals surface area contributed by atoms with E-state index in [-0.39, 0.29) is 5.91 Å². The Kier molecular flexibility index (Phi) is 10.2. The number of anilines is 3. The van der Waals surface area contributed by atoms with Gasteiger partial charge in [0.15, 0.2) is 5.82 Å². The van der Waals surface area contributed by atoms with Crippen LogP contribution in [0.3, 0.4) is 0 Å². The molecule has 2 aromatic heterocycles. The lowest BCUT2D eigenvalue weighted by Gasteiger charge is -2.35. The van der Waals surface area contributed by atoms with Crippen LogP contribution in [0.5, 0.6) is 0 Å². The number of allylic oxidation sites excluding steroid dienone is 1. The Morgan fingerprint density at radius 3 is 2.50 bits per heavy atom. The minimum Gasteiger partial charge on any atom is -0.369 e. The van der Waals surface area contributed by atoms with Gasteiger partial charge in [-0.05, 0) is 81.6 Å². The van der Waals surface area contributed by atoms with Gasteiger partial charge in [0.1, 0.15) is 5.69 Å². The second kappa shape index (κ2) is 14.5. The number of hydrogen-bond donors (Lipinski definition) is 2. The third-order valence-electron chi connectivity index (χ3n) is 8.43. The number of piperazine rings is 1. The minimum absolute atomic E-state index is 0.245. The van der Waals surface area contributed by atoms with Gasteiger partial charge >= 0.3 is 0 Å². The highest BCUT2D eigenvalue weighted by atomic mass is 16.1. The van der Waals surface area contributed by atoms with Gasteiger partial charge in [0.05, 0.1) is 35.3 Å². The second-order valence-corrected chi connectivity index (χ2v) is 12.7. The average Bonchev–Trinajstić information content (AvgIpc) is 3.68. The normalized spacial score (nSPS) is 13.6. The van der Waals surface area contributed by atoms with E-state index in [0.29, 0.717) is 28.5 Å². The fourth-order valence-electron chi connectivity index (χ4n) is 5.34. The van der Waals surface area contributed by atoms with Crippen LogP contribution in [0, 0.1) is 30.1 Å². The Bertz CT molecular complexity index is 1950. The molecule has 0 aliphatic carbocycles. The summed E-state index contributed by atoms with van der Waals surface area (Å²) < 4.78 is 3.62. The molecule has 1 saturated heterocycles. The summed E-state index contributed by atoms with van der Waals surface area (Å²) in [5.74, 6) is 6.92. The molecule has 3 heterocycles. The van der Waals surface area contributed by atoms with Gasteiger partial charge in [-0.25, -0.2) is 4.98 Å². The summed E-state index contributed by atoms with van der Waals surface area (Å²) in [6.07, 6.45) is 10.1. The van der Waals surface area contributed by atoms with E-state index in [0.717, 1.165) is 60.7 Å². The summed E-state index contributed by atoms with van der Waals surface area (Å²) in [5.41, 5.74) is 6.09. The van der Waals surface area contributed by atoms with Crippen LogP contribution in [0.2, 0.25) is 0 Å². The van der Waals surface area contributed by atoms with Crippen LogP contribution < -0.4 is 15.5 Å². The van der Waals surface area contributed by atoms with Gasteiger partial charge < -0.3 is 20.4 Å². The van der Waals surface area contributed by atoms with Crippen molar-refractivity contribution in [3.63, 3.8) is 0 Å². The molecule has 10 nitrogen and oxygen atoms in total. The number of carbonyl (C=O) groups excluding carboxylic acids is 1. The summed E-state index contributed by atoms with van der Waals surface area (Å²) in [5, 5.41) is 20.4. The number of nitriles is 1. The molecule has 0 bridgehead atoms. The summed E-state index contributed by atoms with van der Waals surface area (Å²) in [7, 11) is 3.97. The smallest absolute Gasteiger partial charge is 0.255 e. The number of aromatic nitrogens is 4. The summed E-state index contributed by atoms with van der Waals surface area (Å²) in [6.45, 7) is 15.7. The quantitative estimate of drug-likeness (QED) is 0.213. The van der Waals surface area contributed by atoms with Crippen LogP contribution in [-0.2, 0) is 12.5 Å². The third kappa shape index (κ3) is 7.86. The lowest BCUT2D eigenvalue weighted by Crippen LogP contribution is -2.44. The predicted octanol–water partition coefficient (Wildman–Crippen LogP) is 6.09. The molecule has 0 atom stereocenters. The molecule has 1 fully saturated rings. The summed E-state index contributed by atoms with van der Waals surface area (Å²) in [4.78, 5) is 22.8. The lowest BCUT2D eigenvalue weighted by atomic mass is 9.85. The molecule has 10 heteroatoms. The van der Waals surface area contributed by atoms with Crippen molar-refractivity contribution in [2.24, 2.45) is 7.05 Å². The summed E-state index contributed by atoms with van der Waals surface area (Å²) >= 11 is 0. The molecule has 2 aromatic carbocycles. The topological polar surface area (TPSA) is 107 Å². The molecule has 48 heavy (non-hydrogen) atoms. The molecule has 5 rings (SSSR count). The fourth-order valence-corrected chi connectivity index (χ4v) is 5.34. The van der Waals surface area contributed by atoms with Crippen molar-refractivity contribution in [2.45, 2.75) is 39.5 Å². The molecule has 0 unspecified atom stereocenters. The van der Waals surface area contributed by atoms with Gasteiger partial charge in [0.25, 0.3) is 5.91 Å². The first kappa shape index (κ1) is 33.8. The van der Waals surface area contributed by atoms with E-state index in [1.165, 1.54) is 0 Å². The number of likely N-dealkylation sites (N-methyl/N-ethyl adjacent to an activating group) is 1. The van der Waals surface area contributed by atoms with E-state index in [1.807, 2.05) is 75.1 Å². The van der Waals surface area contributed by atoms with Crippen LogP contribution in [0.25, 0.3) is 11.9 Å². The van der Waals surface area contributed by atoms with E-state index < -0.39 is 5.41 Å². The molecule has 1 aliphatic rings. The summed E-state index contributed by atoms with van der Waals surface area (Å²) in [6, 6.07) is 13.9. The van der Waals surface area contributed by atoms with Crippen LogP contribution >= 0.6 is 0 Å². The SMILES string of the molecule is C=C(Nc1cnn(C)c1)c1ncc(C#Cc2cc(C(=O)Nc3cc(N4CCN(C)CC4)cc(C(C)(C)C#N)c3)ccc2C)n1/C=C\CC. The number of hydrogen-bond acceptors (Lipinski definition) is 7. The largest absolute Gasteiger partial charge is 0.369 e. The maximum Gasteiger partial charge on any atom is 0.255 e. The van der Waals surface area contributed by atoms with Gasteiger partial charge in [-0.1, -0.05) is 31.6 Å². The van der Waals surface area contributed by atoms with Gasteiger partial charge in [-0.15, -0.1) is 0 Å². The number of amides is 1. The van der Waals surface area contributed by atoms with E-state index in [1.54, 1.807) is 23.1 Å². The number of rotatable bonds is 9. The Labute approximate surface area is 283 Å². The predicted molar refractivity (Wildman–Crippen MR) is 194 cm³/mol. The van der Waals surface area contributed by atoms with Gasteiger partial charge in [0, 0.05) is 68.1 Å². The zero-order chi connectivity index (χ0) is 34.4. The van der Waals surface area contributed by atoms with Crippen molar-refractivity contribution in [3.8, 4) is 17.9 Å². The fraction of sp³-hybridized carbons (Fsp3) is 0.316. The van der Waals surface area contributed by atoms with E-state index in [4.69, 9.17) is 0 Å². The molecule has 0 saturated carbocycles. The molecule has 0 spiro atoms. The van der Waals surface area contributed by atoms with Crippen LogP contribution in [0.15, 0.2) is 67.6 Å². The van der Waals surface area contributed by atoms with Crippen molar-refractivity contribution in [1.82, 2.24) is 24.2 Å². The number of aryl methyl sites for hydroxylation is 2. The Morgan fingerprint density at radius 1 is 1.04 bits per heavy atom. The number of nitrogens with zero attached hydrogens (tertiary/aromatic N) is 7. The van der Waals surface area contributed by atoms with Crippen molar-refractivity contribution < 1.29 is 4.79 Å². The van der Waals surface area contributed by atoms with E-state index in [2.05, 4.69) is 75.0 Å². The molecular weight excluding hydrogens is 598 g/mol. The maximum absolute atomic E-state index is 13.6. The zero-order valence-electron chi connectivity index (χ0n) is 28.6. The highest BCUT2D eigenvalue weighted by molar-refractivity contribution is 6.05. The maximum atomic E-state index is 13.6. The van der Waals surface area contributed by atoms with E-state index in [9.17, 15) is 10.1 Å². The van der Waals surface area contributed by atoms with Crippen molar-refractivity contribution in [1.29, 1.82) is 5.26 Å². The standard InChI is InChI=1S/C38H43N9O/c1-8-9-14-47-34(24-40-36(47)28(3)42-33-23-41-45(7)25-33)13-12-29-19-30(11-10-27(29)2)37(48)43-32-20-31(38(4,5)26-39)21-35(22-32)46-17-15-44(6)16-18-46/h9-11,14,19-25,42H,3,8,15-18H2,1-2,4-7H3,(H,43,48)/b14-9-. The van der Waals surface area contributed by atoms with Crippen molar-refractivity contribution in [2.75, 3.05) is 48.8 Å². The van der Waals surface area contributed by atoms with Gasteiger partial charge in [-0.2, -0.15) is 10.4 Å². The van der Waals surface area contributed by atoms with Crippen LogP contribution in [0.4, 0.5) is 17.1 Å². The molecule has 1 aliphatic heterocycles. The second-order valence-electron chi connectivity index (χ2n) is 12.7. The zero-order valence-corrected chi connectivity index (χ0v) is 28.6. The minimum atomic E-state index is -0.714. The Balaban J connectivity index is 1.41. The molecule has 4 aromatic rings. The first-order valence-electron chi connectivity index (χ1n) is 16.1. The molecule has 2 N–H and O–H groups in total. The number of carbonyl (C=O) groups is 1. The van der Waals surface area contributed by atoms with Crippen molar-refractivity contribution in [3.05, 3.63) is 101 Å². The number of imidazole rings is 1. The van der Waals surface area contributed by atoms with Crippen LogP contribution in [-0.4, -0.2) is 63.4 Å². The van der Waals surface area contributed by atoms with Crippen molar-refractivity contribution >= 4 is 34.9 Å². The first-order chi connectivity index (χ1) is 23.0. The van der Waals surface area contributed by atoms with E-state index >= 15 is 0 Å². The third-order valence-corrected chi connectivity index (χ3v) is 8.43. The monoisotopic (exact) mass is 641 g/mol. The lowest BCUT2D eigenvalue weighted by molar-refractivity contribution is 0.102. The average molecular weight is 642 g/mol. The molecule has 0 radical (unpaired) electrons. The highest BCUT2D eigenvalue weighted by Gasteiger charge is 2.24. The first-order valence-corrected chi connectivity index (χ1v) is 16.1. The number of nitrogens with one attached hydrogen (secondary N) is 2. The van der Waals surface area contributed by atoms with Crippen LogP contribution in [0.1, 0.15) is 65.8 Å². The molecule has 246 valence electrons.